The molecule has 168 valence electrons. The second-order valence-electron chi connectivity index (χ2n) is 7.18. The van der Waals surface area contributed by atoms with Crippen molar-refractivity contribution in [3.05, 3.63) is 71.8 Å². The first kappa shape index (κ1) is 23.8. The van der Waals surface area contributed by atoms with E-state index in [0.717, 1.165) is 11.1 Å². The van der Waals surface area contributed by atoms with E-state index < -0.39 is 41.7 Å². The molecule has 7 nitrogen and oxygen atoms in total. The van der Waals surface area contributed by atoms with Gasteiger partial charge in [-0.1, -0.05) is 60.7 Å². The van der Waals surface area contributed by atoms with Gasteiger partial charge in [-0.15, -0.1) is 0 Å². The third kappa shape index (κ3) is 6.12. The second-order valence-corrected chi connectivity index (χ2v) is 8.28. The van der Waals surface area contributed by atoms with Gasteiger partial charge < -0.3 is 28.8 Å². The van der Waals surface area contributed by atoms with Crippen LogP contribution in [0.2, 0.25) is 0 Å². The van der Waals surface area contributed by atoms with Crippen molar-refractivity contribution in [2.75, 3.05) is 13.7 Å². The van der Waals surface area contributed by atoms with Gasteiger partial charge in [0.05, 0.1) is 19.8 Å². The maximum Gasteiger partial charge on any atom is 0.303 e. The first-order valence-corrected chi connectivity index (χ1v) is 10.8. The number of aliphatic hydroxyl groups is 1. The lowest BCUT2D eigenvalue weighted by Crippen LogP contribution is -2.65. The maximum absolute atomic E-state index is 11.8. The number of aliphatic hydroxyl groups excluding tert-OH is 1. The second kappa shape index (κ2) is 11.2. The Bertz CT molecular complexity index is 819. The summed E-state index contributed by atoms with van der Waals surface area (Å²) in [6.45, 7) is 1.41. The Morgan fingerprint density at radius 3 is 2.03 bits per heavy atom. The summed E-state index contributed by atoms with van der Waals surface area (Å²) in [4.78, 5) is 11.8. The first-order chi connectivity index (χ1) is 15.0. The Morgan fingerprint density at radius 2 is 1.55 bits per heavy atom. The monoisotopic (exact) mass is 494 g/mol. The highest BCUT2D eigenvalue weighted by molar-refractivity contribution is 9.10. The minimum atomic E-state index is -1.41. The Balaban J connectivity index is 1.89. The van der Waals surface area contributed by atoms with Gasteiger partial charge in [0.25, 0.3) is 4.70 Å². The van der Waals surface area contributed by atoms with E-state index >= 15 is 0 Å². The SMILES string of the molecule is COC1(Br)O[C@H](CO)[C@@H](OC(C)=O)[C@H](OCc2ccccc2)[C@H]1OCc1ccccc1. The predicted octanol–water partition coefficient (Wildman–Crippen LogP) is 3.18. The van der Waals surface area contributed by atoms with Crippen molar-refractivity contribution < 1.29 is 33.6 Å². The van der Waals surface area contributed by atoms with Crippen molar-refractivity contribution in [2.24, 2.45) is 0 Å². The standard InChI is InChI=1S/C23H27BrO7/c1-16(26)30-20-19(13-25)31-23(24,27-2)22(29-15-18-11-7-4-8-12-18)21(20)28-14-17-9-5-3-6-10-17/h3-12,19-22,25H,13-15H2,1-2H3/t19-,20-,21+,22-,23?/m1/s1. The maximum atomic E-state index is 11.8. The van der Waals surface area contributed by atoms with E-state index in [1.54, 1.807) is 0 Å². The van der Waals surface area contributed by atoms with Crippen LogP contribution in [0.3, 0.4) is 0 Å². The molecule has 1 fully saturated rings. The summed E-state index contributed by atoms with van der Waals surface area (Å²) < 4.78 is 28.0. The minimum Gasteiger partial charge on any atom is -0.457 e. The zero-order valence-electron chi connectivity index (χ0n) is 17.5. The van der Waals surface area contributed by atoms with Crippen LogP contribution in [-0.2, 0) is 41.7 Å². The van der Waals surface area contributed by atoms with Gasteiger partial charge in [0.1, 0.15) is 12.2 Å². The molecule has 1 heterocycles. The van der Waals surface area contributed by atoms with Crippen LogP contribution in [0.25, 0.3) is 0 Å². The molecule has 31 heavy (non-hydrogen) atoms. The quantitative estimate of drug-likeness (QED) is 0.423. The van der Waals surface area contributed by atoms with Crippen molar-refractivity contribution in [2.45, 2.75) is 49.2 Å². The molecule has 5 atom stereocenters. The van der Waals surface area contributed by atoms with Crippen LogP contribution in [-0.4, -0.2) is 53.9 Å². The smallest absolute Gasteiger partial charge is 0.303 e. The summed E-state index contributed by atoms with van der Waals surface area (Å²) in [7, 11) is 1.46. The molecule has 1 aliphatic heterocycles. The van der Waals surface area contributed by atoms with E-state index in [4.69, 9.17) is 23.7 Å². The fraction of sp³-hybridized carbons (Fsp3) is 0.435. The Hall–Kier alpha value is -1.81. The van der Waals surface area contributed by atoms with Crippen LogP contribution in [0.15, 0.2) is 60.7 Å². The van der Waals surface area contributed by atoms with Gasteiger partial charge in [0, 0.05) is 14.0 Å². The van der Waals surface area contributed by atoms with Gasteiger partial charge in [-0.3, -0.25) is 4.79 Å². The van der Waals surface area contributed by atoms with Crippen LogP contribution < -0.4 is 0 Å². The summed E-state index contributed by atoms with van der Waals surface area (Å²) in [6.07, 6.45) is -3.36. The molecule has 2 aromatic rings. The molecule has 0 spiro atoms. The fourth-order valence-corrected chi connectivity index (χ4v) is 4.10. The average Bonchev–Trinajstić information content (AvgIpc) is 2.79. The number of alkyl halides is 1. The third-order valence-corrected chi connectivity index (χ3v) is 5.92. The number of hydrogen-bond acceptors (Lipinski definition) is 7. The largest absolute Gasteiger partial charge is 0.457 e. The number of rotatable bonds is 9. The first-order valence-electron chi connectivity index (χ1n) is 9.98. The fourth-order valence-electron chi connectivity index (χ4n) is 3.46. The number of methoxy groups -OCH3 is 1. The molecule has 1 unspecified atom stereocenters. The number of carbonyl (C=O) groups is 1. The molecule has 0 aliphatic carbocycles. The van der Waals surface area contributed by atoms with Gasteiger partial charge in [0.15, 0.2) is 12.2 Å². The summed E-state index contributed by atoms with van der Waals surface area (Å²) >= 11 is 3.48. The van der Waals surface area contributed by atoms with Crippen molar-refractivity contribution >= 4 is 21.9 Å². The highest BCUT2D eigenvalue weighted by Gasteiger charge is 2.57. The zero-order chi connectivity index (χ0) is 22.3. The van der Waals surface area contributed by atoms with Crippen LogP contribution >= 0.6 is 15.9 Å². The summed E-state index contributed by atoms with van der Waals surface area (Å²) in [5, 5.41) is 9.91. The lowest BCUT2D eigenvalue weighted by Gasteiger charge is -2.48. The van der Waals surface area contributed by atoms with E-state index in [0.29, 0.717) is 0 Å². The molecule has 1 saturated heterocycles. The molecule has 2 aromatic carbocycles. The van der Waals surface area contributed by atoms with Crippen LogP contribution in [0.4, 0.5) is 0 Å². The van der Waals surface area contributed by atoms with Crippen LogP contribution in [0.5, 0.6) is 0 Å². The highest BCUT2D eigenvalue weighted by Crippen LogP contribution is 2.40. The topological polar surface area (TPSA) is 83.5 Å². The normalized spacial score (nSPS) is 28.3. The highest BCUT2D eigenvalue weighted by atomic mass is 79.9. The molecule has 0 aromatic heterocycles. The van der Waals surface area contributed by atoms with Crippen molar-refractivity contribution in [3.63, 3.8) is 0 Å². The lowest BCUT2D eigenvalue weighted by atomic mass is 9.98. The number of esters is 1. The van der Waals surface area contributed by atoms with Gasteiger partial charge in [-0.25, -0.2) is 0 Å². The van der Waals surface area contributed by atoms with Gasteiger partial charge in [-0.2, -0.15) is 0 Å². The van der Waals surface area contributed by atoms with Gasteiger partial charge >= 0.3 is 5.97 Å². The molecule has 0 amide bonds. The third-order valence-electron chi connectivity index (χ3n) is 4.96. The summed E-state index contributed by atoms with van der Waals surface area (Å²) in [5.74, 6) is -0.512. The molecule has 8 heteroatoms. The molecular weight excluding hydrogens is 468 g/mol. The number of hydrogen-bond donors (Lipinski definition) is 1. The number of halogens is 1. The Kier molecular flexibility index (Phi) is 8.59. The van der Waals surface area contributed by atoms with Gasteiger partial charge in [0.2, 0.25) is 0 Å². The molecular formula is C23H27BrO7. The summed E-state index contributed by atoms with van der Waals surface area (Å²) in [5.41, 5.74) is 1.89. The van der Waals surface area contributed by atoms with E-state index in [1.807, 2.05) is 60.7 Å². The van der Waals surface area contributed by atoms with Gasteiger partial charge in [-0.05, 0) is 27.1 Å². The minimum absolute atomic E-state index is 0.249. The number of ether oxygens (including phenoxy) is 5. The Morgan fingerprint density at radius 1 is 1.00 bits per heavy atom. The van der Waals surface area contributed by atoms with Crippen LogP contribution in [0.1, 0.15) is 18.1 Å². The molecule has 0 bridgehead atoms. The van der Waals surface area contributed by atoms with E-state index in [1.165, 1.54) is 14.0 Å². The van der Waals surface area contributed by atoms with Crippen LogP contribution in [0, 0.1) is 0 Å². The number of carbonyl (C=O) groups excluding carboxylic acids is 1. The average molecular weight is 495 g/mol. The molecule has 1 aliphatic rings. The van der Waals surface area contributed by atoms with E-state index in [2.05, 4.69) is 15.9 Å². The Labute approximate surface area is 190 Å². The van der Waals surface area contributed by atoms with Crippen molar-refractivity contribution in [3.8, 4) is 0 Å². The molecule has 1 N–H and O–H groups in total. The van der Waals surface area contributed by atoms with E-state index in [-0.39, 0.29) is 13.2 Å². The predicted molar refractivity (Wildman–Crippen MR) is 116 cm³/mol. The molecule has 0 radical (unpaired) electrons. The summed E-state index contributed by atoms with van der Waals surface area (Å²) in [6, 6.07) is 19.2. The number of benzene rings is 2. The van der Waals surface area contributed by atoms with Crippen molar-refractivity contribution in [1.82, 2.24) is 0 Å². The lowest BCUT2D eigenvalue weighted by molar-refractivity contribution is -0.329. The molecule has 0 saturated carbocycles. The molecule has 3 rings (SSSR count). The van der Waals surface area contributed by atoms with E-state index in [9.17, 15) is 9.90 Å². The van der Waals surface area contributed by atoms with Crippen molar-refractivity contribution in [1.29, 1.82) is 0 Å². The zero-order valence-corrected chi connectivity index (χ0v) is 19.1.